The molecule has 0 aliphatic heterocycles. The third-order valence-electron chi connectivity index (χ3n) is 3.26. The summed E-state index contributed by atoms with van der Waals surface area (Å²) < 4.78 is 0. The lowest BCUT2D eigenvalue weighted by molar-refractivity contribution is 0.0806. The van der Waals surface area contributed by atoms with Crippen LogP contribution < -0.4 is 0 Å². The quantitative estimate of drug-likeness (QED) is 0.545. The van der Waals surface area contributed by atoms with Crippen LogP contribution in [0.3, 0.4) is 0 Å². The highest BCUT2D eigenvalue weighted by Gasteiger charge is 2.32. The van der Waals surface area contributed by atoms with Crippen molar-refractivity contribution in [2.75, 3.05) is 0 Å². The van der Waals surface area contributed by atoms with E-state index in [0.29, 0.717) is 0 Å². The Morgan fingerprint density at radius 3 is 2.60 bits per heavy atom. The molecule has 0 saturated heterocycles. The van der Waals surface area contributed by atoms with E-state index in [9.17, 15) is 5.11 Å². The molecular weight excluding hydrogens is 124 g/mol. The van der Waals surface area contributed by atoms with Crippen molar-refractivity contribution in [3.63, 3.8) is 0 Å². The molecule has 0 radical (unpaired) electrons. The average Bonchev–Trinajstić information content (AvgIpc) is 2.33. The average molecular weight is 140 g/mol. The van der Waals surface area contributed by atoms with Gasteiger partial charge in [-0.3, -0.25) is 0 Å². The third-order valence-corrected chi connectivity index (χ3v) is 3.26. The molecule has 3 atom stereocenters. The molecule has 58 valence electrons. The van der Waals surface area contributed by atoms with Crippen LogP contribution in [-0.2, 0) is 0 Å². The van der Waals surface area contributed by atoms with Crippen LogP contribution in [0.4, 0.5) is 0 Å². The van der Waals surface area contributed by atoms with Gasteiger partial charge in [-0.15, -0.1) is 0 Å². The van der Waals surface area contributed by atoms with E-state index in [0.717, 1.165) is 24.7 Å². The zero-order chi connectivity index (χ0) is 6.97. The smallest absolute Gasteiger partial charge is 0.0543 e. The number of fused-ring (bicyclic) bond motifs is 1. The van der Waals surface area contributed by atoms with E-state index < -0.39 is 0 Å². The van der Waals surface area contributed by atoms with Gasteiger partial charge in [0, 0.05) is 0 Å². The van der Waals surface area contributed by atoms with Crippen LogP contribution in [0, 0.1) is 11.8 Å². The minimum absolute atomic E-state index is 0.0411. The van der Waals surface area contributed by atoms with Gasteiger partial charge in [0.25, 0.3) is 0 Å². The van der Waals surface area contributed by atoms with E-state index in [1.807, 2.05) is 0 Å². The number of hydrogen-bond donors (Lipinski definition) is 1. The van der Waals surface area contributed by atoms with Gasteiger partial charge in [0.15, 0.2) is 0 Å². The van der Waals surface area contributed by atoms with Gasteiger partial charge in [-0.25, -0.2) is 0 Å². The Labute approximate surface area is 62.4 Å². The first-order valence-electron chi connectivity index (χ1n) is 4.54. The van der Waals surface area contributed by atoms with Crippen LogP contribution in [0.15, 0.2) is 0 Å². The monoisotopic (exact) mass is 140 g/mol. The molecule has 1 N–H and O–H groups in total. The van der Waals surface area contributed by atoms with Crippen LogP contribution in [0.25, 0.3) is 0 Å². The molecule has 2 fully saturated rings. The van der Waals surface area contributed by atoms with Gasteiger partial charge in [0.05, 0.1) is 6.10 Å². The standard InChI is InChI=1S/C9H16O/c10-9-5-4-7-2-1-3-8(7)6-9/h7-10H,1-6H2. The van der Waals surface area contributed by atoms with Crippen molar-refractivity contribution < 1.29 is 5.11 Å². The van der Waals surface area contributed by atoms with Gasteiger partial charge in [0.1, 0.15) is 0 Å². The fourth-order valence-electron chi connectivity index (χ4n) is 2.68. The maximum atomic E-state index is 9.36. The van der Waals surface area contributed by atoms with E-state index in [1.54, 1.807) is 0 Å². The topological polar surface area (TPSA) is 20.2 Å². The maximum absolute atomic E-state index is 9.36. The van der Waals surface area contributed by atoms with Crippen LogP contribution in [0.2, 0.25) is 0 Å². The number of aliphatic hydroxyl groups is 1. The highest BCUT2D eigenvalue weighted by atomic mass is 16.3. The van der Waals surface area contributed by atoms with Gasteiger partial charge in [-0.2, -0.15) is 0 Å². The Morgan fingerprint density at radius 1 is 0.900 bits per heavy atom. The summed E-state index contributed by atoms with van der Waals surface area (Å²) in [7, 11) is 0. The fraction of sp³-hybridized carbons (Fsp3) is 1.00. The first kappa shape index (κ1) is 6.66. The molecular formula is C9H16O. The number of aliphatic hydroxyl groups excluding tert-OH is 1. The summed E-state index contributed by atoms with van der Waals surface area (Å²) in [5.41, 5.74) is 0. The molecule has 0 bridgehead atoms. The number of rotatable bonds is 0. The van der Waals surface area contributed by atoms with Crippen LogP contribution in [-0.4, -0.2) is 11.2 Å². The van der Waals surface area contributed by atoms with Gasteiger partial charge in [-0.05, 0) is 31.1 Å². The van der Waals surface area contributed by atoms with E-state index in [2.05, 4.69) is 0 Å². The first-order chi connectivity index (χ1) is 4.86. The second-order valence-electron chi connectivity index (χ2n) is 3.92. The molecule has 2 rings (SSSR count). The second-order valence-corrected chi connectivity index (χ2v) is 3.92. The highest BCUT2D eigenvalue weighted by Crippen LogP contribution is 2.41. The summed E-state index contributed by atoms with van der Waals surface area (Å²) in [5, 5.41) is 9.36. The molecule has 0 aromatic carbocycles. The van der Waals surface area contributed by atoms with Crippen molar-refractivity contribution in [1.29, 1.82) is 0 Å². The predicted molar refractivity (Wildman–Crippen MR) is 40.7 cm³/mol. The molecule has 1 heteroatoms. The van der Waals surface area contributed by atoms with E-state index in [1.165, 1.54) is 25.7 Å². The minimum Gasteiger partial charge on any atom is -0.393 e. The van der Waals surface area contributed by atoms with Crippen molar-refractivity contribution in [3.8, 4) is 0 Å². The molecule has 10 heavy (non-hydrogen) atoms. The Bertz CT molecular complexity index is 122. The van der Waals surface area contributed by atoms with E-state index >= 15 is 0 Å². The summed E-state index contributed by atoms with van der Waals surface area (Å²) in [5.74, 6) is 1.88. The maximum Gasteiger partial charge on any atom is 0.0543 e. The number of hydrogen-bond acceptors (Lipinski definition) is 1. The molecule has 1 nitrogen and oxygen atoms in total. The van der Waals surface area contributed by atoms with Crippen molar-refractivity contribution in [2.45, 2.75) is 44.6 Å². The zero-order valence-electron chi connectivity index (χ0n) is 6.42. The van der Waals surface area contributed by atoms with Gasteiger partial charge < -0.3 is 5.11 Å². The summed E-state index contributed by atoms with van der Waals surface area (Å²) in [4.78, 5) is 0. The van der Waals surface area contributed by atoms with E-state index in [-0.39, 0.29) is 6.10 Å². The first-order valence-corrected chi connectivity index (χ1v) is 4.54. The lowest BCUT2D eigenvalue weighted by Crippen LogP contribution is -2.23. The molecule has 2 aliphatic carbocycles. The van der Waals surface area contributed by atoms with Crippen molar-refractivity contribution >= 4 is 0 Å². The van der Waals surface area contributed by atoms with Crippen LogP contribution in [0.1, 0.15) is 38.5 Å². The molecule has 0 aromatic heterocycles. The summed E-state index contributed by atoms with van der Waals surface area (Å²) >= 11 is 0. The Morgan fingerprint density at radius 2 is 1.70 bits per heavy atom. The summed E-state index contributed by atoms with van der Waals surface area (Å²) in [6.45, 7) is 0. The highest BCUT2D eigenvalue weighted by molar-refractivity contribution is 4.84. The van der Waals surface area contributed by atoms with Crippen molar-refractivity contribution in [2.24, 2.45) is 11.8 Å². The molecule has 2 aliphatic rings. The lowest BCUT2D eigenvalue weighted by Gasteiger charge is -2.28. The summed E-state index contributed by atoms with van der Waals surface area (Å²) in [6, 6.07) is 0. The Hall–Kier alpha value is -0.0400. The van der Waals surface area contributed by atoms with Crippen LogP contribution in [0.5, 0.6) is 0 Å². The minimum atomic E-state index is 0.0411. The van der Waals surface area contributed by atoms with Crippen molar-refractivity contribution in [3.05, 3.63) is 0 Å². The largest absolute Gasteiger partial charge is 0.393 e. The van der Waals surface area contributed by atoms with Crippen molar-refractivity contribution in [1.82, 2.24) is 0 Å². The second kappa shape index (κ2) is 2.54. The molecule has 0 spiro atoms. The van der Waals surface area contributed by atoms with Gasteiger partial charge in [-0.1, -0.05) is 19.3 Å². The molecule has 0 aromatic rings. The van der Waals surface area contributed by atoms with Gasteiger partial charge in [0.2, 0.25) is 0 Å². The fourth-order valence-corrected chi connectivity index (χ4v) is 2.68. The molecule has 2 saturated carbocycles. The lowest BCUT2D eigenvalue weighted by atomic mass is 9.80. The SMILES string of the molecule is OC1CCC2CCCC2C1. The Balaban J connectivity index is 1.96. The molecule has 0 heterocycles. The molecule has 3 unspecified atom stereocenters. The third kappa shape index (κ3) is 1.07. The van der Waals surface area contributed by atoms with E-state index in [4.69, 9.17) is 0 Å². The molecule has 0 amide bonds. The predicted octanol–water partition coefficient (Wildman–Crippen LogP) is 1.95. The van der Waals surface area contributed by atoms with Gasteiger partial charge >= 0.3 is 0 Å². The normalized spacial score (nSPS) is 47.1. The summed E-state index contributed by atoms with van der Waals surface area (Å²) in [6.07, 6.45) is 7.76. The zero-order valence-corrected chi connectivity index (χ0v) is 6.42. The Kier molecular flexibility index (Phi) is 1.69. The van der Waals surface area contributed by atoms with Crippen LogP contribution >= 0.6 is 0 Å².